The topological polar surface area (TPSA) is 91.0 Å². The molecule has 1 aromatic rings. The molecule has 2 fully saturated rings. The minimum atomic E-state index is -3.58. The fourth-order valence-corrected chi connectivity index (χ4v) is 4.78. The van der Waals surface area contributed by atoms with E-state index in [1.807, 2.05) is 0 Å². The van der Waals surface area contributed by atoms with Crippen LogP contribution in [0.4, 0.5) is 0 Å². The molecule has 3 rings (SSSR count). The molecule has 2 N–H and O–H groups in total. The van der Waals surface area contributed by atoms with Crippen LogP contribution < -0.4 is 10.6 Å². The number of nitrogens with zero attached hydrogens (tertiary/aromatic N) is 2. The summed E-state index contributed by atoms with van der Waals surface area (Å²) in [6.07, 6.45) is 0. The van der Waals surface area contributed by atoms with Crippen molar-refractivity contribution in [1.29, 1.82) is 0 Å². The van der Waals surface area contributed by atoms with E-state index in [2.05, 4.69) is 15.5 Å². The largest absolute Gasteiger partial charge is 0.379 e. The van der Waals surface area contributed by atoms with Gasteiger partial charge in [0.25, 0.3) is 0 Å². The van der Waals surface area contributed by atoms with E-state index in [9.17, 15) is 13.2 Å². The lowest BCUT2D eigenvalue weighted by molar-refractivity contribution is -0.122. The summed E-state index contributed by atoms with van der Waals surface area (Å²) in [5.41, 5.74) is 0.604. The first-order valence-electron chi connectivity index (χ1n) is 8.93. The van der Waals surface area contributed by atoms with Crippen molar-refractivity contribution in [2.45, 2.75) is 11.4 Å². The lowest BCUT2D eigenvalue weighted by Crippen LogP contribution is -2.47. The molecule has 26 heavy (non-hydrogen) atoms. The van der Waals surface area contributed by atoms with Crippen LogP contribution in [0.2, 0.25) is 0 Å². The van der Waals surface area contributed by atoms with E-state index in [4.69, 9.17) is 4.74 Å². The molecule has 9 heteroatoms. The van der Waals surface area contributed by atoms with E-state index in [-0.39, 0.29) is 17.3 Å². The summed E-state index contributed by atoms with van der Waals surface area (Å²) in [6.45, 7) is 5.50. The Bertz CT molecular complexity index is 713. The third-order valence-electron chi connectivity index (χ3n) is 4.61. The number of carbonyl (C=O) groups excluding carboxylic acids is 1. The van der Waals surface area contributed by atoms with Crippen molar-refractivity contribution in [3.63, 3.8) is 0 Å². The number of nitrogens with one attached hydrogen (secondary N) is 2. The fourth-order valence-electron chi connectivity index (χ4n) is 3.15. The van der Waals surface area contributed by atoms with Gasteiger partial charge in [0.2, 0.25) is 15.9 Å². The van der Waals surface area contributed by atoms with Gasteiger partial charge in [0.1, 0.15) is 0 Å². The highest BCUT2D eigenvalue weighted by Crippen LogP contribution is 2.21. The first-order chi connectivity index (χ1) is 12.6. The number of piperazine rings is 1. The molecule has 1 aromatic carbocycles. The van der Waals surface area contributed by atoms with Crippen molar-refractivity contribution < 1.29 is 17.9 Å². The zero-order valence-electron chi connectivity index (χ0n) is 14.8. The average Bonchev–Trinajstić information content (AvgIpc) is 2.68. The van der Waals surface area contributed by atoms with Crippen LogP contribution in [0.1, 0.15) is 5.56 Å². The quantitative estimate of drug-likeness (QED) is 0.671. The molecule has 0 bridgehead atoms. The van der Waals surface area contributed by atoms with E-state index in [0.29, 0.717) is 38.4 Å². The van der Waals surface area contributed by atoms with E-state index in [1.54, 1.807) is 24.3 Å². The van der Waals surface area contributed by atoms with Gasteiger partial charge in [-0.25, -0.2) is 8.42 Å². The molecule has 1 amide bonds. The Balaban J connectivity index is 1.64. The Kier molecular flexibility index (Phi) is 6.60. The van der Waals surface area contributed by atoms with Crippen LogP contribution in [-0.2, 0) is 26.1 Å². The molecule has 144 valence electrons. The summed E-state index contributed by atoms with van der Waals surface area (Å²) in [4.78, 5) is 14.5. The van der Waals surface area contributed by atoms with Gasteiger partial charge in [0, 0.05) is 45.8 Å². The van der Waals surface area contributed by atoms with Crippen LogP contribution in [0.25, 0.3) is 0 Å². The Morgan fingerprint density at radius 3 is 2.54 bits per heavy atom. The molecule has 0 radical (unpaired) electrons. The number of morpholine rings is 1. The predicted octanol–water partition coefficient (Wildman–Crippen LogP) is -0.771. The second-order valence-electron chi connectivity index (χ2n) is 6.43. The smallest absolute Gasteiger partial charge is 0.243 e. The third-order valence-corrected chi connectivity index (χ3v) is 6.61. The van der Waals surface area contributed by atoms with Crippen LogP contribution in [0.15, 0.2) is 29.2 Å². The van der Waals surface area contributed by atoms with Gasteiger partial charge in [0.15, 0.2) is 0 Å². The molecule has 0 spiro atoms. The highest BCUT2D eigenvalue weighted by Gasteiger charge is 2.28. The molecule has 2 heterocycles. The standard InChI is InChI=1S/C17H26N4O4S/c22-17(14-20-7-5-18-6-8-20)19-13-15-3-1-2-4-16(15)26(23,24)21-9-11-25-12-10-21/h1-4,18H,5-14H2,(H,19,22). The Morgan fingerprint density at radius 1 is 1.12 bits per heavy atom. The van der Waals surface area contributed by atoms with Gasteiger partial charge in [-0.2, -0.15) is 4.31 Å². The van der Waals surface area contributed by atoms with Gasteiger partial charge < -0.3 is 15.4 Å². The molecule has 0 unspecified atom stereocenters. The van der Waals surface area contributed by atoms with Crippen LogP contribution in [0.3, 0.4) is 0 Å². The van der Waals surface area contributed by atoms with Crippen molar-refractivity contribution in [3.05, 3.63) is 29.8 Å². The van der Waals surface area contributed by atoms with Gasteiger partial charge in [0.05, 0.1) is 24.7 Å². The minimum absolute atomic E-state index is 0.0922. The highest BCUT2D eigenvalue weighted by atomic mass is 32.2. The Morgan fingerprint density at radius 2 is 1.81 bits per heavy atom. The number of hydrogen-bond acceptors (Lipinski definition) is 6. The molecule has 8 nitrogen and oxygen atoms in total. The van der Waals surface area contributed by atoms with Crippen molar-refractivity contribution in [2.75, 3.05) is 59.0 Å². The maximum atomic E-state index is 12.9. The van der Waals surface area contributed by atoms with Gasteiger partial charge in [-0.1, -0.05) is 18.2 Å². The Labute approximate surface area is 154 Å². The summed E-state index contributed by atoms with van der Waals surface area (Å²) < 4.78 is 32.5. The highest BCUT2D eigenvalue weighted by molar-refractivity contribution is 7.89. The monoisotopic (exact) mass is 382 g/mol. The van der Waals surface area contributed by atoms with E-state index in [0.717, 1.165) is 26.2 Å². The van der Waals surface area contributed by atoms with Crippen molar-refractivity contribution in [3.8, 4) is 0 Å². The minimum Gasteiger partial charge on any atom is -0.379 e. The summed E-state index contributed by atoms with van der Waals surface area (Å²) >= 11 is 0. The number of hydrogen-bond donors (Lipinski definition) is 2. The number of amides is 1. The van der Waals surface area contributed by atoms with Crippen molar-refractivity contribution >= 4 is 15.9 Å². The second kappa shape index (κ2) is 8.92. The Hall–Kier alpha value is -1.52. The molecule has 0 atom stereocenters. The van der Waals surface area contributed by atoms with Crippen LogP contribution in [-0.4, -0.2) is 82.6 Å². The van der Waals surface area contributed by atoms with E-state index in [1.165, 1.54) is 4.31 Å². The molecule has 0 aliphatic carbocycles. The molecule has 0 aromatic heterocycles. The third kappa shape index (κ3) is 4.80. The van der Waals surface area contributed by atoms with Crippen LogP contribution >= 0.6 is 0 Å². The first-order valence-corrected chi connectivity index (χ1v) is 10.4. The van der Waals surface area contributed by atoms with Crippen molar-refractivity contribution in [1.82, 2.24) is 19.8 Å². The number of ether oxygens (including phenoxy) is 1. The SMILES string of the molecule is O=C(CN1CCNCC1)NCc1ccccc1S(=O)(=O)N1CCOCC1. The van der Waals surface area contributed by atoms with Gasteiger partial charge in [-0.15, -0.1) is 0 Å². The van der Waals surface area contributed by atoms with E-state index >= 15 is 0 Å². The lowest BCUT2D eigenvalue weighted by Gasteiger charge is -2.27. The summed E-state index contributed by atoms with van der Waals surface area (Å²) in [7, 11) is -3.58. The zero-order chi connectivity index (χ0) is 18.4. The molecule has 0 saturated carbocycles. The molecular weight excluding hydrogens is 356 g/mol. The van der Waals surface area contributed by atoms with Gasteiger partial charge >= 0.3 is 0 Å². The van der Waals surface area contributed by atoms with Gasteiger partial charge in [-0.3, -0.25) is 9.69 Å². The summed E-state index contributed by atoms with van der Waals surface area (Å²) in [6, 6.07) is 6.84. The summed E-state index contributed by atoms with van der Waals surface area (Å²) in [5.74, 6) is -0.0922. The molecule has 2 saturated heterocycles. The van der Waals surface area contributed by atoms with E-state index < -0.39 is 10.0 Å². The lowest BCUT2D eigenvalue weighted by atomic mass is 10.2. The average molecular weight is 382 g/mol. The second-order valence-corrected chi connectivity index (χ2v) is 8.33. The first kappa shape index (κ1) is 19.2. The van der Waals surface area contributed by atoms with Gasteiger partial charge in [-0.05, 0) is 11.6 Å². The maximum Gasteiger partial charge on any atom is 0.243 e. The van der Waals surface area contributed by atoms with Crippen LogP contribution in [0.5, 0.6) is 0 Å². The van der Waals surface area contributed by atoms with Crippen LogP contribution in [0, 0.1) is 0 Å². The van der Waals surface area contributed by atoms with Crippen molar-refractivity contribution in [2.24, 2.45) is 0 Å². The fraction of sp³-hybridized carbons (Fsp3) is 0.588. The molecule has 2 aliphatic heterocycles. The maximum absolute atomic E-state index is 12.9. The number of carbonyl (C=O) groups is 1. The number of sulfonamides is 1. The predicted molar refractivity (Wildman–Crippen MR) is 97.2 cm³/mol. The molecular formula is C17H26N4O4S. The zero-order valence-corrected chi connectivity index (χ0v) is 15.6. The number of benzene rings is 1. The number of rotatable bonds is 6. The normalized spacial score (nSPS) is 20.0. The summed E-state index contributed by atoms with van der Waals surface area (Å²) in [5, 5.41) is 6.10. The molecule has 2 aliphatic rings.